The van der Waals surface area contributed by atoms with E-state index in [4.69, 9.17) is 0 Å². The minimum atomic E-state index is 0.157. The quantitative estimate of drug-likeness (QED) is 0.863. The van der Waals surface area contributed by atoms with Crippen molar-refractivity contribution in [3.8, 4) is 11.4 Å². The number of carbonyl (C=O) groups is 1. The lowest BCUT2D eigenvalue weighted by Crippen LogP contribution is -2.26. The van der Waals surface area contributed by atoms with Gasteiger partial charge in [0.05, 0.1) is 17.6 Å². The Balaban J connectivity index is 1.84. The fraction of sp³-hybridized carbons (Fsp3) is 0.500. The molecular formula is C16H21N5O. The summed E-state index contributed by atoms with van der Waals surface area (Å²) < 4.78 is 2.03. The summed E-state index contributed by atoms with van der Waals surface area (Å²) in [4.78, 5) is 26.8. The zero-order valence-electron chi connectivity index (χ0n) is 13.3. The zero-order chi connectivity index (χ0) is 15.7. The van der Waals surface area contributed by atoms with E-state index in [0.717, 1.165) is 48.8 Å². The lowest BCUT2D eigenvalue weighted by atomic mass is 10.0. The number of hydrogen-bond donors (Lipinski definition) is 0. The van der Waals surface area contributed by atoms with Crippen molar-refractivity contribution in [1.29, 1.82) is 0 Å². The van der Waals surface area contributed by atoms with Gasteiger partial charge in [0.2, 0.25) is 5.91 Å². The van der Waals surface area contributed by atoms with Crippen LogP contribution in [-0.2, 0) is 18.3 Å². The SMILES string of the molecule is CC(=O)N1CCC(Cc2nccnc2-c2cnc(C)n2C)C1. The van der Waals surface area contributed by atoms with Gasteiger partial charge < -0.3 is 9.47 Å². The van der Waals surface area contributed by atoms with Crippen LogP contribution >= 0.6 is 0 Å². The number of nitrogens with zero attached hydrogens (tertiary/aromatic N) is 5. The van der Waals surface area contributed by atoms with Crippen LogP contribution in [0.5, 0.6) is 0 Å². The normalized spacial score (nSPS) is 18.0. The molecule has 6 nitrogen and oxygen atoms in total. The highest BCUT2D eigenvalue weighted by Gasteiger charge is 2.26. The van der Waals surface area contributed by atoms with Crippen LogP contribution in [0.4, 0.5) is 0 Å². The predicted molar refractivity (Wildman–Crippen MR) is 83.0 cm³/mol. The molecule has 116 valence electrons. The van der Waals surface area contributed by atoms with Crippen molar-refractivity contribution >= 4 is 5.91 Å². The van der Waals surface area contributed by atoms with Gasteiger partial charge in [-0.2, -0.15) is 0 Å². The van der Waals surface area contributed by atoms with Crippen molar-refractivity contribution in [3.05, 3.63) is 30.1 Å². The number of hydrogen-bond acceptors (Lipinski definition) is 4. The van der Waals surface area contributed by atoms with Gasteiger partial charge in [-0.25, -0.2) is 4.98 Å². The van der Waals surface area contributed by atoms with Gasteiger partial charge in [-0.3, -0.25) is 14.8 Å². The molecule has 1 saturated heterocycles. The Morgan fingerprint density at radius 2 is 2.09 bits per heavy atom. The Kier molecular flexibility index (Phi) is 3.92. The van der Waals surface area contributed by atoms with Crippen molar-refractivity contribution < 1.29 is 4.79 Å². The average Bonchev–Trinajstić information content (AvgIpc) is 3.09. The molecule has 1 aliphatic heterocycles. The number of amides is 1. The van der Waals surface area contributed by atoms with Crippen LogP contribution in [0.1, 0.15) is 24.9 Å². The molecule has 0 bridgehead atoms. The van der Waals surface area contributed by atoms with Crippen LogP contribution in [0, 0.1) is 12.8 Å². The average molecular weight is 299 g/mol. The molecule has 3 rings (SSSR count). The summed E-state index contributed by atoms with van der Waals surface area (Å²) in [7, 11) is 1.99. The zero-order valence-corrected chi connectivity index (χ0v) is 13.3. The number of rotatable bonds is 3. The summed E-state index contributed by atoms with van der Waals surface area (Å²) in [5.74, 6) is 1.56. The van der Waals surface area contributed by atoms with Gasteiger partial charge >= 0.3 is 0 Å². The van der Waals surface area contributed by atoms with Crippen LogP contribution in [-0.4, -0.2) is 43.4 Å². The maximum absolute atomic E-state index is 11.5. The first-order valence-electron chi connectivity index (χ1n) is 7.60. The predicted octanol–water partition coefficient (Wildman–Crippen LogP) is 1.60. The summed E-state index contributed by atoms with van der Waals surface area (Å²) in [6.07, 6.45) is 7.17. The van der Waals surface area contributed by atoms with Gasteiger partial charge in [-0.1, -0.05) is 0 Å². The molecule has 1 unspecified atom stereocenters. The number of likely N-dealkylation sites (tertiary alicyclic amines) is 1. The van der Waals surface area contributed by atoms with Crippen molar-refractivity contribution in [2.75, 3.05) is 13.1 Å². The van der Waals surface area contributed by atoms with Crippen LogP contribution in [0.2, 0.25) is 0 Å². The minimum Gasteiger partial charge on any atom is -0.343 e. The second-order valence-electron chi connectivity index (χ2n) is 5.93. The monoisotopic (exact) mass is 299 g/mol. The molecule has 0 aliphatic carbocycles. The Morgan fingerprint density at radius 1 is 1.32 bits per heavy atom. The van der Waals surface area contributed by atoms with Gasteiger partial charge in [-0.05, 0) is 25.7 Å². The topological polar surface area (TPSA) is 63.9 Å². The minimum absolute atomic E-state index is 0.157. The summed E-state index contributed by atoms with van der Waals surface area (Å²) in [6, 6.07) is 0. The van der Waals surface area contributed by atoms with E-state index in [1.807, 2.05) is 29.6 Å². The van der Waals surface area contributed by atoms with Crippen LogP contribution < -0.4 is 0 Å². The molecule has 0 spiro atoms. The fourth-order valence-corrected chi connectivity index (χ4v) is 3.01. The molecule has 1 aliphatic rings. The van der Waals surface area contributed by atoms with Gasteiger partial charge in [-0.15, -0.1) is 0 Å². The van der Waals surface area contributed by atoms with E-state index in [9.17, 15) is 4.79 Å². The third kappa shape index (κ3) is 2.73. The lowest BCUT2D eigenvalue weighted by Gasteiger charge is -2.15. The van der Waals surface area contributed by atoms with E-state index in [-0.39, 0.29) is 5.91 Å². The maximum atomic E-state index is 11.5. The smallest absolute Gasteiger partial charge is 0.219 e. The highest BCUT2D eigenvalue weighted by molar-refractivity contribution is 5.73. The second kappa shape index (κ2) is 5.87. The van der Waals surface area contributed by atoms with E-state index in [1.165, 1.54) is 0 Å². The molecule has 1 amide bonds. The molecule has 1 atom stereocenters. The summed E-state index contributed by atoms with van der Waals surface area (Å²) in [6.45, 7) is 5.27. The summed E-state index contributed by atoms with van der Waals surface area (Å²) in [5, 5.41) is 0. The maximum Gasteiger partial charge on any atom is 0.219 e. The third-order valence-corrected chi connectivity index (χ3v) is 4.45. The van der Waals surface area contributed by atoms with Gasteiger partial charge in [0.25, 0.3) is 0 Å². The standard InChI is InChI=1S/C16H21N5O/c1-11-19-9-15(20(11)3)16-14(17-5-6-18-16)8-13-4-7-21(10-13)12(2)22/h5-6,9,13H,4,7-8,10H2,1-3H3. The molecule has 0 N–H and O–H groups in total. The highest BCUT2D eigenvalue weighted by Crippen LogP contribution is 2.26. The van der Waals surface area contributed by atoms with Gasteiger partial charge in [0.15, 0.2) is 0 Å². The first kappa shape index (κ1) is 14.7. The Labute approximate surface area is 130 Å². The van der Waals surface area contributed by atoms with Crippen molar-refractivity contribution in [2.45, 2.75) is 26.7 Å². The largest absolute Gasteiger partial charge is 0.343 e. The molecule has 3 heterocycles. The molecular weight excluding hydrogens is 278 g/mol. The Morgan fingerprint density at radius 3 is 2.73 bits per heavy atom. The van der Waals surface area contributed by atoms with E-state index >= 15 is 0 Å². The Hall–Kier alpha value is -2.24. The van der Waals surface area contributed by atoms with Crippen molar-refractivity contribution in [3.63, 3.8) is 0 Å². The molecule has 22 heavy (non-hydrogen) atoms. The van der Waals surface area contributed by atoms with Gasteiger partial charge in [0.1, 0.15) is 11.5 Å². The molecule has 2 aromatic heterocycles. The van der Waals surface area contributed by atoms with E-state index in [2.05, 4.69) is 15.0 Å². The number of aromatic nitrogens is 4. The summed E-state index contributed by atoms with van der Waals surface area (Å²) >= 11 is 0. The highest BCUT2D eigenvalue weighted by atomic mass is 16.2. The van der Waals surface area contributed by atoms with Crippen LogP contribution in [0.25, 0.3) is 11.4 Å². The molecule has 2 aromatic rings. The summed E-state index contributed by atoms with van der Waals surface area (Å²) in [5.41, 5.74) is 2.87. The number of carbonyl (C=O) groups excluding carboxylic acids is 1. The molecule has 6 heteroatoms. The van der Waals surface area contributed by atoms with Crippen molar-refractivity contribution in [1.82, 2.24) is 24.4 Å². The van der Waals surface area contributed by atoms with Crippen LogP contribution in [0.3, 0.4) is 0 Å². The van der Waals surface area contributed by atoms with Crippen LogP contribution in [0.15, 0.2) is 18.6 Å². The number of aryl methyl sites for hydroxylation is 1. The first-order valence-corrected chi connectivity index (χ1v) is 7.60. The first-order chi connectivity index (χ1) is 10.6. The molecule has 0 aromatic carbocycles. The number of imidazole rings is 1. The Bertz CT molecular complexity index is 694. The van der Waals surface area contributed by atoms with Crippen molar-refractivity contribution in [2.24, 2.45) is 13.0 Å². The van der Waals surface area contributed by atoms with E-state index in [0.29, 0.717) is 5.92 Å². The van der Waals surface area contributed by atoms with E-state index < -0.39 is 0 Å². The molecule has 0 radical (unpaired) electrons. The second-order valence-corrected chi connectivity index (χ2v) is 5.93. The fourth-order valence-electron chi connectivity index (χ4n) is 3.01. The molecule has 0 saturated carbocycles. The van der Waals surface area contributed by atoms with Gasteiger partial charge in [0, 0.05) is 39.5 Å². The molecule has 1 fully saturated rings. The van der Waals surface area contributed by atoms with E-state index in [1.54, 1.807) is 19.3 Å². The lowest BCUT2D eigenvalue weighted by molar-refractivity contribution is -0.127. The third-order valence-electron chi connectivity index (χ3n) is 4.45.